The number of hydrogen-bond acceptors (Lipinski definition) is 2. The number of hydrogen-bond donors (Lipinski definition) is 0. The Morgan fingerprint density at radius 1 is 1.37 bits per heavy atom. The SMILES string of the molecule is Cc1ccc(S(=O)(=O)N2CC3CCC2C3)cc1CCl. The van der Waals surface area contributed by atoms with Gasteiger partial charge in [-0.2, -0.15) is 4.31 Å². The molecule has 1 aliphatic carbocycles. The molecule has 0 aromatic heterocycles. The molecule has 2 unspecified atom stereocenters. The van der Waals surface area contributed by atoms with Gasteiger partial charge in [0.05, 0.1) is 4.90 Å². The number of alkyl halides is 1. The Morgan fingerprint density at radius 2 is 2.16 bits per heavy atom. The van der Waals surface area contributed by atoms with Crippen LogP contribution in [0.3, 0.4) is 0 Å². The fourth-order valence-electron chi connectivity index (χ4n) is 3.26. The lowest BCUT2D eigenvalue weighted by Crippen LogP contribution is -2.37. The van der Waals surface area contributed by atoms with Gasteiger partial charge < -0.3 is 0 Å². The molecule has 0 radical (unpaired) electrons. The Morgan fingerprint density at radius 3 is 2.74 bits per heavy atom. The predicted octanol–water partition coefficient (Wildman–Crippen LogP) is 2.91. The maximum absolute atomic E-state index is 12.7. The first-order valence-electron chi connectivity index (χ1n) is 6.69. The van der Waals surface area contributed by atoms with Crippen molar-refractivity contribution in [2.45, 2.75) is 43.0 Å². The Kier molecular flexibility index (Phi) is 3.36. The topological polar surface area (TPSA) is 37.4 Å². The fourth-order valence-corrected chi connectivity index (χ4v) is 5.34. The van der Waals surface area contributed by atoms with Crippen molar-refractivity contribution in [2.75, 3.05) is 6.54 Å². The normalized spacial score (nSPS) is 27.1. The molecule has 19 heavy (non-hydrogen) atoms. The van der Waals surface area contributed by atoms with E-state index in [0.29, 0.717) is 23.2 Å². The summed E-state index contributed by atoms with van der Waals surface area (Å²) in [5.41, 5.74) is 1.93. The molecular weight excluding hydrogens is 282 g/mol. The zero-order valence-electron chi connectivity index (χ0n) is 11.0. The molecule has 1 aromatic rings. The summed E-state index contributed by atoms with van der Waals surface area (Å²) in [6.45, 7) is 2.64. The van der Waals surface area contributed by atoms with Gasteiger partial charge in [0.1, 0.15) is 0 Å². The number of benzene rings is 1. The van der Waals surface area contributed by atoms with E-state index in [1.54, 1.807) is 16.4 Å². The molecule has 1 heterocycles. The van der Waals surface area contributed by atoms with Gasteiger partial charge in [-0.3, -0.25) is 0 Å². The highest BCUT2D eigenvalue weighted by Crippen LogP contribution is 2.40. The standard InChI is InChI=1S/C14H18ClNO2S/c1-10-2-5-14(7-12(10)8-15)19(17,18)16-9-11-3-4-13(16)6-11/h2,5,7,11,13H,3-4,6,8-9H2,1H3. The first-order chi connectivity index (χ1) is 9.02. The molecule has 2 atom stereocenters. The molecule has 1 saturated heterocycles. The van der Waals surface area contributed by atoms with Gasteiger partial charge in [-0.05, 0) is 55.4 Å². The second-order valence-corrected chi connectivity index (χ2v) is 7.79. The van der Waals surface area contributed by atoms with Crippen LogP contribution in [-0.4, -0.2) is 25.3 Å². The maximum atomic E-state index is 12.7. The summed E-state index contributed by atoms with van der Waals surface area (Å²) in [5.74, 6) is 0.916. The van der Waals surface area contributed by atoms with Crippen molar-refractivity contribution in [3.8, 4) is 0 Å². The summed E-state index contributed by atoms with van der Waals surface area (Å²) in [6, 6.07) is 5.49. The van der Waals surface area contributed by atoms with Crippen molar-refractivity contribution in [2.24, 2.45) is 5.92 Å². The predicted molar refractivity (Wildman–Crippen MR) is 75.8 cm³/mol. The van der Waals surface area contributed by atoms with Crippen LogP contribution in [0.25, 0.3) is 0 Å². The minimum absolute atomic E-state index is 0.218. The van der Waals surface area contributed by atoms with Crippen molar-refractivity contribution < 1.29 is 8.42 Å². The molecule has 1 aromatic carbocycles. The lowest BCUT2D eigenvalue weighted by molar-refractivity contribution is 0.333. The largest absolute Gasteiger partial charge is 0.243 e. The highest BCUT2D eigenvalue weighted by molar-refractivity contribution is 7.89. The molecule has 3 nitrogen and oxygen atoms in total. The van der Waals surface area contributed by atoms with Crippen LogP contribution in [0, 0.1) is 12.8 Å². The van der Waals surface area contributed by atoms with Gasteiger partial charge in [0.2, 0.25) is 10.0 Å². The third-order valence-electron chi connectivity index (χ3n) is 4.43. The van der Waals surface area contributed by atoms with Crippen LogP contribution in [0.5, 0.6) is 0 Å². The number of rotatable bonds is 3. The Bertz CT molecular complexity index is 599. The van der Waals surface area contributed by atoms with Gasteiger partial charge in [0.15, 0.2) is 0 Å². The summed E-state index contributed by atoms with van der Waals surface area (Å²) in [5, 5.41) is 0. The molecule has 3 rings (SSSR count). The number of aryl methyl sites for hydroxylation is 1. The lowest BCUT2D eigenvalue weighted by Gasteiger charge is -2.26. The molecule has 2 aliphatic rings. The number of piperidine rings is 1. The van der Waals surface area contributed by atoms with Crippen molar-refractivity contribution in [1.82, 2.24) is 4.31 Å². The van der Waals surface area contributed by atoms with E-state index in [1.807, 2.05) is 13.0 Å². The van der Waals surface area contributed by atoms with Gasteiger partial charge in [0.25, 0.3) is 0 Å². The van der Waals surface area contributed by atoms with Crippen LogP contribution < -0.4 is 0 Å². The van der Waals surface area contributed by atoms with Crippen LogP contribution in [-0.2, 0) is 15.9 Å². The van der Waals surface area contributed by atoms with E-state index in [4.69, 9.17) is 11.6 Å². The number of halogens is 1. The van der Waals surface area contributed by atoms with Gasteiger partial charge in [-0.1, -0.05) is 6.07 Å². The highest BCUT2D eigenvalue weighted by atomic mass is 35.5. The number of sulfonamides is 1. The fraction of sp³-hybridized carbons (Fsp3) is 0.571. The zero-order chi connectivity index (χ0) is 13.6. The van der Waals surface area contributed by atoms with Gasteiger partial charge in [-0.25, -0.2) is 8.42 Å². The van der Waals surface area contributed by atoms with Crippen molar-refractivity contribution in [3.05, 3.63) is 29.3 Å². The smallest absolute Gasteiger partial charge is 0.207 e. The summed E-state index contributed by atoms with van der Waals surface area (Å²) in [4.78, 5) is 0.390. The van der Waals surface area contributed by atoms with Gasteiger partial charge in [-0.15, -0.1) is 11.6 Å². The van der Waals surface area contributed by atoms with Gasteiger partial charge in [0, 0.05) is 18.5 Å². The van der Waals surface area contributed by atoms with E-state index in [1.165, 1.54) is 6.42 Å². The number of fused-ring (bicyclic) bond motifs is 2. The molecule has 0 spiro atoms. The molecule has 0 N–H and O–H groups in total. The molecule has 5 heteroatoms. The van der Waals surface area contributed by atoms with Crippen LogP contribution in [0.15, 0.2) is 23.1 Å². The van der Waals surface area contributed by atoms with E-state index >= 15 is 0 Å². The average Bonchev–Trinajstić information content (AvgIpc) is 3.01. The molecule has 0 amide bonds. The van der Waals surface area contributed by atoms with Crippen LogP contribution in [0.4, 0.5) is 0 Å². The van der Waals surface area contributed by atoms with Crippen LogP contribution in [0.1, 0.15) is 30.4 Å². The van der Waals surface area contributed by atoms with Crippen molar-refractivity contribution in [3.63, 3.8) is 0 Å². The Balaban J connectivity index is 1.96. The first kappa shape index (κ1) is 13.4. The second kappa shape index (κ2) is 4.76. The number of nitrogens with zero attached hydrogens (tertiary/aromatic N) is 1. The summed E-state index contributed by atoms with van der Waals surface area (Å²) in [7, 11) is -3.34. The molecule has 2 fully saturated rings. The minimum atomic E-state index is -3.34. The van der Waals surface area contributed by atoms with E-state index in [9.17, 15) is 8.42 Å². The van der Waals surface area contributed by atoms with E-state index < -0.39 is 10.0 Å². The summed E-state index contributed by atoms with van der Waals surface area (Å²) in [6.07, 6.45) is 3.23. The Hall–Kier alpha value is -0.580. The molecule has 1 saturated carbocycles. The lowest BCUT2D eigenvalue weighted by atomic mass is 10.1. The summed E-state index contributed by atoms with van der Waals surface area (Å²) >= 11 is 5.87. The van der Waals surface area contributed by atoms with Crippen molar-refractivity contribution in [1.29, 1.82) is 0 Å². The average molecular weight is 300 g/mol. The van der Waals surface area contributed by atoms with Crippen LogP contribution in [0.2, 0.25) is 0 Å². The maximum Gasteiger partial charge on any atom is 0.243 e. The monoisotopic (exact) mass is 299 g/mol. The van der Waals surface area contributed by atoms with E-state index in [-0.39, 0.29) is 6.04 Å². The highest BCUT2D eigenvalue weighted by Gasteiger charge is 2.44. The molecule has 104 valence electrons. The molecule has 1 aliphatic heterocycles. The zero-order valence-corrected chi connectivity index (χ0v) is 12.5. The van der Waals surface area contributed by atoms with E-state index in [0.717, 1.165) is 24.0 Å². The molecule has 2 bridgehead atoms. The molecular formula is C14H18ClNO2S. The third kappa shape index (κ3) is 2.20. The minimum Gasteiger partial charge on any atom is -0.207 e. The summed E-state index contributed by atoms with van der Waals surface area (Å²) < 4.78 is 27.1. The first-order valence-corrected chi connectivity index (χ1v) is 8.67. The Labute approximate surface area is 119 Å². The van der Waals surface area contributed by atoms with E-state index in [2.05, 4.69) is 0 Å². The third-order valence-corrected chi connectivity index (χ3v) is 6.63. The van der Waals surface area contributed by atoms with Crippen LogP contribution >= 0.6 is 11.6 Å². The second-order valence-electron chi connectivity index (χ2n) is 5.63. The van der Waals surface area contributed by atoms with Gasteiger partial charge >= 0.3 is 0 Å². The quantitative estimate of drug-likeness (QED) is 0.805. The van der Waals surface area contributed by atoms with Crippen molar-refractivity contribution >= 4 is 21.6 Å².